The van der Waals surface area contributed by atoms with Crippen molar-refractivity contribution in [2.24, 2.45) is 0 Å². The molecular weight excluding hydrogens is 336 g/mol. The zero-order valence-corrected chi connectivity index (χ0v) is 15.5. The number of sulfonamides is 1. The maximum atomic E-state index is 13.1. The van der Waals surface area contributed by atoms with Crippen LogP contribution in [0.3, 0.4) is 0 Å². The molecule has 132 valence electrons. The van der Waals surface area contributed by atoms with Crippen LogP contribution in [-0.4, -0.2) is 33.2 Å². The van der Waals surface area contributed by atoms with Gasteiger partial charge in [-0.05, 0) is 49.6 Å². The molecule has 1 atom stereocenters. The number of para-hydroxylation sites is 1. The number of fused-ring (bicyclic) bond motifs is 1. The first kappa shape index (κ1) is 17.5. The number of rotatable bonds is 4. The molecule has 3 rings (SSSR count). The van der Waals surface area contributed by atoms with Crippen LogP contribution in [0.1, 0.15) is 18.1 Å². The van der Waals surface area contributed by atoms with Crippen molar-refractivity contribution in [2.45, 2.75) is 26.3 Å². The van der Waals surface area contributed by atoms with Crippen molar-refractivity contribution >= 4 is 27.3 Å². The molecule has 0 spiro atoms. The quantitative estimate of drug-likeness (QED) is 0.844. The molecule has 2 aromatic rings. The molecule has 0 bridgehead atoms. The molecule has 0 radical (unpaired) electrons. The summed E-state index contributed by atoms with van der Waals surface area (Å²) in [5.74, 6) is -0.211. The highest BCUT2D eigenvalue weighted by Gasteiger charge is 2.34. The van der Waals surface area contributed by atoms with Gasteiger partial charge >= 0.3 is 0 Å². The minimum atomic E-state index is -3.60. The van der Waals surface area contributed by atoms with Gasteiger partial charge in [0.15, 0.2) is 0 Å². The lowest BCUT2D eigenvalue weighted by molar-refractivity contribution is -0.119. The van der Waals surface area contributed by atoms with Crippen molar-refractivity contribution in [1.29, 1.82) is 0 Å². The summed E-state index contributed by atoms with van der Waals surface area (Å²) < 4.78 is 26.0. The number of carbonyl (C=O) groups excluding carboxylic acids is 1. The van der Waals surface area contributed by atoms with E-state index in [4.69, 9.17) is 0 Å². The minimum absolute atomic E-state index is 0.211. The van der Waals surface area contributed by atoms with Crippen LogP contribution in [0.4, 0.5) is 11.4 Å². The van der Waals surface area contributed by atoms with E-state index in [9.17, 15) is 13.2 Å². The van der Waals surface area contributed by atoms with Gasteiger partial charge in [0.2, 0.25) is 10.0 Å². The number of hydrogen-bond donors (Lipinski definition) is 0. The number of anilines is 2. The fourth-order valence-electron chi connectivity index (χ4n) is 3.36. The molecule has 2 aromatic carbocycles. The van der Waals surface area contributed by atoms with E-state index >= 15 is 0 Å². The summed E-state index contributed by atoms with van der Waals surface area (Å²) in [6.07, 6.45) is 1.93. The van der Waals surface area contributed by atoms with E-state index in [0.717, 1.165) is 29.5 Å². The van der Waals surface area contributed by atoms with Gasteiger partial charge in [-0.2, -0.15) is 0 Å². The molecule has 1 aliphatic rings. The molecule has 25 heavy (non-hydrogen) atoms. The van der Waals surface area contributed by atoms with Gasteiger partial charge in [0.25, 0.3) is 5.91 Å². The standard InChI is InChI=1S/C19H22N2O3S/c1-14-7-6-9-17(13-14)21(25(3,23)24)15(2)19(22)20-12-11-16-8-4-5-10-18(16)20/h4-10,13,15H,11-12H2,1-3H3/t15-/m1/s1. The molecule has 0 saturated heterocycles. The Morgan fingerprint density at radius 2 is 1.88 bits per heavy atom. The molecule has 0 fully saturated rings. The predicted molar refractivity (Wildman–Crippen MR) is 100 cm³/mol. The van der Waals surface area contributed by atoms with Crippen LogP contribution in [-0.2, 0) is 21.2 Å². The lowest BCUT2D eigenvalue weighted by atomic mass is 10.1. The average molecular weight is 358 g/mol. The third-order valence-corrected chi connectivity index (χ3v) is 5.72. The molecule has 0 aliphatic carbocycles. The summed E-state index contributed by atoms with van der Waals surface area (Å²) in [6, 6.07) is 14.1. The summed E-state index contributed by atoms with van der Waals surface area (Å²) in [5, 5.41) is 0. The van der Waals surface area contributed by atoms with Crippen LogP contribution >= 0.6 is 0 Å². The number of hydrogen-bond acceptors (Lipinski definition) is 3. The summed E-state index contributed by atoms with van der Waals surface area (Å²) in [7, 11) is -3.60. The highest BCUT2D eigenvalue weighted by atomic mass is 32.2. The Labute approximate surface area is 148 Å². The minimum Gasteiger partial charge on any atom is -0.310 e. The van der Waals surface area contributed by atoms with Gasteiger partial charge in [0, 0.05) is 12.2 Å². The smallest absolute Gasteiger partial charge is 0.250 e. The zero-order valence-electron chi connectivity index (χ0n) is 14.6. The Bertz CT molecular complexity index is 908. The second-order valence-electron chi connectivity index (χ2n) is 6.44. The molecule has 1 amide bonds. The number of aryl methyl sites for hydroxylation is 1. The average Bonchev–Trinajstić information content (AvgIpc) is 2.97. The van der Waals surface area contributed by atoms with E-state index in [1.54, 1.807) is 30.0 Å². The van der Waals surface area contributed by atoms with E-state index in [-0.39, 0.29) is 5.91 Å². The SMILES string of the molecule is Cc1cccc(N([C@H](C)C(=O)N2CCc3ccccc32)S(C)(=O)=O)c1. The third kappa shape index (κ3) is 3.39. The maximum absolute atomic E-state index is 13.1. The summed E-state index contributed by atoms with van der Waals surface area (Å²) in [6.45, 7) is 4.12. The van der Waals surface area contributed by atoms with Crippen LogP contribution in [0.25, 0.3) is 0 Å². The van der Waals surface area contributed by atoms with Crippen molar-refractivity contribution < 1.29 is 13.2 Å². The lowest BCUT2D eigenvalue weighted by Gasteiger charge is -2.31. The monoisotopic (exact) mass is 358 g/mol. The van der Waals surface area contributed by atoms with Crippen LogP contribution in [0.2, 0.25) is 0 Å². The van der Waals surface area contributed by atoms with Crippen LogP contribution < -0.4 is 9.21 Å². The molecule has 1 heterocycles. The van der Waals surface area contributed by atoms with E-state index in [1.165, 1.54) is 4.31 Å². The Kier molecular flexibility index (Phi) is 4.56. The van der Waals surface area contributed by atoms with Crippen molar-refractivity contribution in [3.8, 4) is 0 Å². The molecule has 0 aromatic heterocycles. The van der Waals surface area contributed by atoms with E-state index in [1.807, 2.05) is 37.3 Å². The molecular formula is C19H22N2O3S. The Hall–Kier alpha value is -2.34. The maximum Gasteiger partial charge on any atom is 0.250 e. The molecule has 1 aliphatic heterocycles. The zero-order chi connectivity index (χ0) is 18.2. The third-order valence-electron chi connectivity index (χ3n) is 4.48. The van der Waals surface area contributed by atoms with Crippen LogP contribution in [0, 0.1) is 6.92 Å². The molecule has 0 unspecified atom stereocenters. The normalized spacial score (nSPS) is 14.9. The van der Waals surface area contributed by atoms with Gasteiger partial charge in [0.05, 0.1) is 11.9 Å². The first-order chi connectivity index (χ1) is 11.8. The van der Waals surface area contributed by atoms with E-state index in [2.05, 4.69) is 0 Å². The van der Waals surface area contributed by atoms with Crippen molar-refractivity contribution in [1.82, 2.24) is 0 Å². The number of carbonyl (C=O) groups is 1. The van der Waals surface area contributed by atoms with E-state index < -0.39 is 16.1 Å². The van der Waals surface area contributed by atoms with Crippen LogP contribution in [0.5, 0.6) is 0 Å². The van der Waals surface area contributed by atoms with Gasteiger partial charge in [-0.25, -0.2) is 8.42 Å². The number of benzene rings is 2. The summed E-state index contributed by atoms with van der Waals surface area (Å²) in [4.78, 5) is 14.8. The Morgan fingerprint density at radius 3 is 2.56 bits per heavy atom. The Morgan fingerprint density at radius 1 is 1.16 bits per heavy atom. The Balaban J connectivity index is 1.96. The van der Waals surface area contributed by atoms with E-state index in [0.29, 0.717) is 12.2 Å². The highest BCUT2D eigenvalue weighted by molar-refractivity contribution is 7.92. The summed E-state index contributed by atoms with van der Waals surface area (Å²) in [5.41, 5.74) is 3.44. The van der Waals surface area contributed by atoms with Crippen molar-refractivity contribution in [3.05, 3.63) is 59.7 Å². The fraction of sp³-hybridized carbons (Fsp3) is 0.316. The lowest BCUT2D eigenvalue weighted by Crippen LogP contribution is -2.49. The molecule has 0 N–H and O–H groups in total. The van der Waals surface area contributed by atoms with Crippen molar-refractivity contribution in [3.63, 3.8) is 0 Å². The van der Waals surface area contributed by atoms with Crippen LogP contribution in [0.15, 0.2) is 48.5 Å². The first-order valence-corrected chi connectivity index (χ1v) is 10.1. The fourth-order valence-corrected chi connectivity index (χ4v) is 4.52. The van der Waals surface area contributed by atoms with Gasteiger partial charge in [0.1, 0.15) is 6.04 Å². The molecule has 5 nitrogen and oxygen atoms in total. The second-order valence-corrected chi connectivity index (χ2v) is 8.30. The largest absolute Gasteiger partial charge is 0.310 e. The van der Waals surface area contributed by atoms with Gasteiger partial charge in [-0.1, -0.05) is 30.3 Å². The first-order valence-electron chi connectivity index (χ1n) is 8.24. The number of amides is 1. The van der Waals surface area contributed by atoms with Gasteiger partial charge in [-0.15, -0.1) is 0 Å². The molecule has 6 heteroatoms. The predicted octanol–water partition coefficient (Wildman–Crippen LogP) is 2.74. The van der Waals surface area contributed by atoms with Gasteiger partial charge in [-0.3, -0.25) is 9.10 Å². The second kappa shape index (κ2) is 6.52. The topological polar surface area (TPSA) is 57.7 Å². The van der Waals surface area contributed by atoms with Crippen molar-refractivity contribution in [2.75, 3.05) is 22.0 Å². The van der Waals surface area contributed by atoms with Gasteiger partial charge < -0.3 is 4.90 Å². The highest BCUT2D eigenvalue weighted by Crippen LogP contribution is 2.30. The molecule has 0 saturated carbocycles. The summed E-state index contributed by atoms with van der Waals surface area (Å²) >= 11 is 0. The number of nitrogens with zero attached hydrogens (tertiary/aromatic N) is 2.